The average Bonchev–Trinajstić information content (AvgIpc) is 2.38. The standard InChI is InChI=1S/C15H21FO/c1-17-10-9-13-7-8-14(11-15(13)16)12-5-3-2-4-6-12/h7-8,11-12H,2-6,9-10H2,1H3. The van der Waals surface area contributed by atoms with E-state index >= 15 is 0 Å². The van der Waals surface area contributed by atoms with Crippen LogP contribution in [0.2, 0.25) is 0 Å². The van der Waals surface area contributed by atoms with E-state index in [4.69, 9.17) is 4.74 Å². The Bertz CT molecular complexity index is 356. The van der Waals surface area contributed by atoms with Crippen molar-refractivity contribution in [2.24, 2.45) is 0 Å². The summed E-state index contributed by atoms with van der Waals surface area (Å²) in [7, 11) is 1.65. The van der Waals surface area contributed by atoms with Gasteiger partial charge in [-0.05, 0) is 42.4 Å². The minimum absolute atomic E-state index is 0.0647. The summed E-state index contributed by atoms with van der Waals surface area (Å²) < 4.78 is 18.9. The second-order valence-corrected chi connectivity index (χ2v) is 4.93. The van der Waals surface area contributed by atoms with Gasteiger partial charge in [-0.2, -0.15) is 0 Å². The summed E-state index contributed by atoms with van der Waals surface area (Å²) in [5, 5.41) is 0. The highest BCUT2D eigenvalue weighted by Crippen LogP contribution is 2.33. The fourth-order valence-electron chi connectivity index (χ4n) is 2.67. The predicted octanol–water partition coefficient (Wildman–Crippen LogP) is 4.06. The molecule has 0 heterocycles. The minimum Gasteiger partial charge on any atom is -0.384 e. The number of hydrogen-bond acceptors (Lipinski definition) is 1. The summed E-state index contributed by atoms with van der Waals surface area (Å²) in [6.45, 7) is 0.583. The maximum Gasteiger partial charge on any atom is 0.126 e. The number of ether oxygens (including phenoxy) is 1. The minimum atomic E-state index is -0.0647. The first-order valence-corrected chi connectivity index (χ1v) is 6.58. The summed E-state index contributed by atoms with van der Waals surface area (Å²) in [6.07, 6.45) is 7.02. The number of methoxy groups -OCH3 is 1. The van der Waals surface area contributed by atoms with Crippen molar-refractivity contribution in [3.05, 3.63) is 35.1 Å². The number of rotatable bonds is 4. The zero-order valence-corrected chi connectivity index (χ0v) is 10.5. The zero-order valence-electron chi connectivity index (χ0n) is 10.5. The van der Waals surface area contributed by atoms with E-state index in [1.165, 1.54) is 37.7 Å². The van der Waals surface area contributed by atoms with Crippen LogP contribution in [0, 0.1) is 5.82 Å². The highest BCUT2D eigenvalue weighted by atomic mass is 19.1. The Hall–Kier alpha value is -0.890. The van der Waals surface area contributed by atoms with Gasteiger partial charge < -0.3 is 4.74 Å². The second kappa shape index (κ2) is 6.15. The zero-order chi connectivity index (χ0) is 12.1. The molecule has 0 aliphatic heterocycles. The predicted molar refractivity (Wildman–Crippen MR) is 67.8 cm³/mol. The molecule has 0 amide bonds. The Morgan fingerprint density at radius 2 is 2.00 bits per heavy atom. The molecular formula is C15H21FO. The SMILES string of the molecule is COCCc1ccc(C2CCCCC2)cc1F. The van der Waals surface area contributed by atoms with Gasteiger partial charge in [0.1, 0.15) is 5.82 Å². The molecule has 0 saturated heterocycles. The summed E-state index contributed by atoms with van der Waals surface area (Å²) in [5.41, 5.74) is 1.95. The molecule has 0 atom stereocenters. The van der Waals surface area contributed by atoms with Crippen LogP contribution in [-0.2, 0) is 11.2 Å². The van der Waals surface area contributed by atoms with Crippen molar-refractivity contribution >= 4 is 0 Å². The molecule has 1 aliphatic carbocycles. The van der Waals surface area contributed by atoms with Gasteiger partial charge in [-0.25, -0.2) is 4.39 Å². The topological polar surface area (TPSA) is 9.23 Å². The molecule has 0 bridgehead atoms. The van der Waals surface area contributed by atoms with Gasteiger partial charge in [-0.1, -0.05) is 31.4 Å². The number of halogens is 1. The number of hydrogen-bond donors (Lipinski definition) is 0. The van der Waals surface area contributed by atoms with E-state index in [0.29, 0.717) is 18.9 Å². The highest BCUT2D eigenvalue weighted by molar-refractivity contribution is 5.27. The monoisotopic (exact) mass is 236 g/mol. The van der Waals surface area contributed by atoms with Crippen LogP contribution in [-0.4, -0.2) is 13.7 Å². The largest absolute Gasteiger partial charge is 0.384 e. The summed E-state index contributed by atoms with van der Waals surface area (Å²) in [4.78, 5) is 0. The van der Waals surface area contributed by atoms with Gasteiger partial charge in [0.15, 0.2) is 0 Å². The molecule has 0 aromatic heterocycles. The van der Waals surface area contributed by atoms with Crippen LogP contribution in [0.1, 0.15) is 49.1 Å². The molecule has 1 fully saturated rings. The van der Waals surface area contributed by atoms with Crippen molar-refractivity contribution in [2.75, 3.05) is 13.7 Å². The smallest absolute Gasteiger partial charge is 0.126 e. The third kappa shape index (κ3) is 3.29. The molecule has 0 radical (unpaired) electrons. The molecule has 1 aromatic rings. The van der Waals surface area contributed by atoms with Crippen molar-refractivity contribution in [1.82, 2.24) is 0 Å². The Morgan fingerprint density at radius 3 is 2.65 bits per heavy atom. The van der Waals surface area contributed by atoms with Crippen LogP contribution in [0.4, 0.5) is 4.39 Å². The molecule has 94 valence electrons. The molecule has 0 unspecified atom stereocenters. The molecule has 2 rings (SSSR count). The maximum absolute atomic E-state index is 13.9. The van der Waals surface area contributed by atoms with Crippen LogP contribution in [0.25, 0.3) is 0 Å². The summed E-state index contributed by atoms with van der Waals surface area (Å²) in [6, 6.07) is 5.77. The maximum atomic E-state index is 13.9. The summed E-state index contributed by atoms with van der Waals surface area (Å²) >= 11 is 0. The highest BCUT2D eigenvalue weighted by Gasteiger charge is 2.16. The first-order valence-electron chi connectivity index (χ1n) is 6.58. The Balaban J connectivity index is 2.06. The molecule has 1 nitrogen and oxygen atoms in total. The number of benzene rings is 1. The summed E-state index contributed by atoms with van der Waals surface area (Å²) in [5.74, 6) is 0.514. The molecule has 2 heteroatoms. The molecule has 0 spiro atoms. The molecule has 1 aromatic carbocycles. The van der Waals surface area contributed by atoms with Crippen LogP contribution >= 0.6 is 0 Å². The Morgan fingerprint density at radius 1 is 1.24 bits per heavy atom. The van der Waals surface area contributed by atoms with Gasteiger partial charge in [0, 0.05) is 7.11 Å². The van der Waals surface area contributed by atoms with E-state index in [0.717, 1.165) is 5.56 Å². The molecular weight excluding hydrogens is 215 g/mol. The lowest BCUT2D eigenvalue weighted by Crippen LogP contribution is -2.06. The van der Waals surface area contributed by atoms with Crippen LogP contribution in [0.15, 0.2) is 18.2 Å². The van der Waals surface area contributed by atoms with Crippen LogP contribution in [0.3, 0.4) is 0 Å². The molecule has 1 aliphatic rings. The molecule has 1 saturated carbocycles. The first kappa shape index (κ1) is 12.6. The third-order valence-electron chi connectivity index (χ3n) is 3.73. The van der Waals surface area contributed by atoms with Gasteiger partial charge in [-0.3, -0.25) is 0 Å². The Kier molecular flexibility index (Phi) is 4.55. The second-order valence-electron chi connectivity index (χ2n) is 4.93. The lowest BCUT2D eigenvalue weighted by molar-refractivity contribution is 0.201. The van der Waals surface area contributed by atoms with Crippen LogP contribution < -0.4 is 0 Å². The Labute approximate surface area is 103 Å². The third-order valence-corrected chi connectivity index (χ3v) is 3.73. The van der Waals surface area contributed by atoms with Crippen molar-refractivity contribution < 1.29 is 9.13 Å². The van der Waals surface area contributed by atoms with Crippen LogP contribution in [0.5, 0.6) is 0 Å². The fraction of sp³-hybridized carbons (Fsp3) is 0.600. The van der Waals surface area contributed by atoms with E-state index < -0.39 is 0 Å². The normalized spacial score (nSPS) is 17.3. The fourth-order valence-corrected chi connectivity index (χ4v) is 2.67. The quantitative estimate of drug-likeness (QED) is 0.766. The lowest BCUT2D eigenvalue weighted by atomic mass is 9.84. The van der Waals surface area contributed by atoms with Crippen molar-refractivity contribution in [2.45, 2.75) is 44.4 Å². The van der Waals surface area contributed by atoms with Gasteiger partial charge in [0.05, 0.1) is 6.61 Å². The molecule has 17 heavy (non-hydrogen) atoms. The molecule has 0 N–H and O–H groups in total. The van der Waals surface area contributed by atoms with E-state index in [9.17, 15) is 4.39 Å². The van der Waals surface area contributed by atoms with Crippen molar-refractivity contribution in [3.63, 3.8) is 0 Å². The van der Waals surface area contributed by atoms with Gasteiger partial charge >= 0.3 is 0 Å². The average molecular weight is 236 g/mol. The lowest BCUT2D eigenvalue weighted by Gasteiger charge is -2.22. The van der Waals surface area contributed by atoms with Crippen molar-refractivity contribution in [1.29, 1.82) is 0 Å². The van der Waals surface area contributed by atoms with E-state index in [2.05, 4.69) is 6.07 Å². The van der Waals surface area contributed by atoms with Gasteiger partial charge in [-0.15, -0.1) is 0 Å². The van der Waals surface area contributed by atoms with E-state index in [-0.39, 0.29) is 5.82 Å². The van der Waals surface area contributed by atoms with Crippen molar-refractivity contribution in [3.8, 4) is 0 Å². The van der Waals surface area contributed by atoms with Gasteiger partial charge in [0.2, 0.25) is 0 Å². The van der Waals surface area contributed by atoms with E-state index in [1.807, 2.05) is 6.07 Å². The van der Waals surface area contributed by atoms with E-state index in [1.54, 1.807) is 13.2 Å². The van der Waals surface area contributed by atoms with Gasteiger partial charge in [0.25, 0.3) is 0 Å². The first-order chi connectivity index (χ1) is 8.31.